The van der Waals surface area contributed by atoms with E-state index in [1.807, 2.05) is 24.3 Å². The van der Waals surface area contributed by atoms with Gasteiger partial charge in [-0.2, -0.15) is 8.42 Å². The number of methoxy groups -OCH3 is 1. The lowest BCUT2D eigenvalue weighted by atomic mass is 10.1. The zero-order valence-corrected chi connectivity index (χ0v) is 26.5. The van der Waals surface area contributed by atoms with E-state index >= 15 is 0 Å². The zero-order valence-electron chi connectivity index (χ0n) is 25.7. The van der Waals surface area contributed by atoms with Crippen molar-refractivity contribution < 1.29 is 37.0 Å². The van der Waals surface area contributed by atoms with E-state index in [2.05, 4.69) is 9.71 Å². The molecule has 0 aliphatic rings. The number of hydrogen-bond donors (Lipinski definition) is 2. The van der Waals surface area contributed by atoms with Gasteiger partial charge in [0.25, 0.3) is 10.0 Å². The largest absolute Gasteiger partial charge is 0.496 e. The smallest absolute Gasteiger partial charge is 0.416 e. The van der Waals surface area contributed by atoms with Crippen LogP contribution >= 0.6 is 0 Å². The van der Waals surface area contributed by atoms with E-state index in [-0.39, 0.29) is 37.5 Å². The van der Waals surface area contributed by atoms with Gasteiger partial charge in [-0.25, -0.2) is 14.5 Å². The molecule has 0 fully saturated rings. The van der Waals surface area contributed by atoms with Crippen molar-refractivity contribution in [2.75, 3.05) is 13.7 Å². The van der Waals surface area contributed by atoms with Gasteiger partial charge in [-0.15, -0.1) is 4.40 Å². The summed E-state index contributed by atoms with van der Waals surface area (Å²) in [7, 11) is -2.89. The highest BCUT2D eigenvalue weighted by Gasteiger charge is 2.27. The van der Waals surface area contributed by atoms with Gasteiger partial charge in [0.1, 0.15) is 25.2 Å². The van der Waals surface area contributed by atoms with Gasteiger partial charge in [-0.05, 0) is 67.5 Å². The number of guanidine groups is 1. The predicted octanol–water partition coefficient (Wildman–Crippen LogP) is 4.54. The number of ether oxygens (including phenoxy) is 3. The molecule has 13 heteroatoms. The molecule has 0 saturated heterocycles. The number of benzene rings is 3. The molecule has 0 aliphatic heterocycles. The van der Waals surface area contributed by atoms with E-state index in [0.717, 1.165) is 10.5 Å². The molecule has 2 amide bonds. The predicted molar refractivity (Wildman–Crippen MR) is 168 cm³/mol. The Balaban J connectivity index is 1.76. The molecule has 0 bridgehead atoms. The Morgan fingerprint density at radius 2 is 1.53 bits per heavy atom. The third kappa shape index (κ3) is 9.80. The minimum atomic E-state index is -4.38. The molecule has 3 aromatic rings. The molecule has 240 valence electrons. The van der Waals surface area contributed by atoms with Gasteiger partial charge in [-0.3, -0.25) is 0 Å². The highest BCUT2D eigenvalue weighted by atomic mass is 32.2. The van der Waals surface area contributed by atoms with Crippen LogP contribution in [0.5, 0.6) is 5.75 Å². The maximum Gasteiger partial charge on any atom is 0.416 e. The molecule has 3 aromatic carbocycles. The monoisotopic (exact) mass is 638 g/mol. The average molecular weight is 639 g/mol. The van der Waals surface area contributed by atoms with Gasteiger partial charge in [0.05, 0.1) is 18.0 Å². The first-order chi connectivity index (χ1) is 21.5. The molecule has 0 unspecified atom stereocenters. The van der Waals surface area contributed by atoms with Gasteiger partial charge in [0, 0.05) is 6.54 Å². The summed E-state index contributed by atoms with van der Waals surface area (Å²) in [6.07, 6.45) is -0.974. The normalized spacial score (nSPS) is 12.1. The van der Waals surface area contributed by atoms with Crippen LogP contribution in [0.15, 0.2) is 76.0 Å². The number of sulfonamides is 1. The first kappa shape index (κ1) is 34.6. The minimum absolute atomic E-state index is 0.0213. The van der Waals surface area contributed by atoms with Crippen molar-refractivity contribution >= 4 is 34.5 Å². The third-order valence-electron chi connectivity index (χ3n) is 6.95. The molecule has 0 saturated carbocycles. The quantitative estimate of drug-likeness (QED) is 0.155. The number of nitrogens with zero attached hydrogens (tertiary/aromatic N) is 2. The summed E-state index contributed by atoms with van der Waals surface area (Å²) < 4.78 is 46.6. The molecule has 0 aliphatic carbocycles. The van der Waals surface area contributed by atoms with Crippen LogP contribution in [0.1, 0.15) is 40.7 Å². The van der Waals surface area contributed by atoms with Crippen molar-refractivity contribution in [3.63, 3.8) is 0 Å². The van der Waals surface area contributed by atoms with Crippen molar-refractivity contribution in [2.45, 2.75) is 57.8 Å². The topological polar surface area (TPSA) is 167 Å². The van der Waals surface area contributed by atoms with Crippen molar-refractivity contribution in [1.82, 2.24) is 10.2 Å². The van der Waals surface area contributed by atoms with Crippen LogP contribution in [-0.2, 0) is 37.5 Å². The molecular formula is C32H38N4O8S. The number of nitrogens with two attached hydrogens (primary N) is 1. The Hall–Kier alpha value is -4.91. The fraction of sp³-hybridized carbons (Fsp3) is 0.312. The molecule has 3 N–H and O–H groups in total. The van der Waals surface area contributed by atoms with E-state index in [9.17, 15) is 22.8 Å². The number of amides is 2. The molecule has 0 radical (unpaired) electrons. The summed E-state index contributed by atoms with van der Waals surface area (Å²) in [6.45, 7) is 4.72. The van der Waals surface area contributed by atoms with Gasteiger partial charge in [0.2, 0.25) is 5.96 Å². The standard InChI is InChI=1S/C32H38N4O8S/c1-22-18-28(42-4)23(2)24(3)29(22)45(40,41)35-30(33)36(32(39)44-21-26-14-9-6-10-15-26)17-11-16-27(19-37)34-31(38)43-20-25-12-7-5-8-13-25/h5-10,12-15,18-19,27H,11,16-17,20-21H2,1-4H3,(H2,33,35)(H,34,38)/t27-/m0/s1. The summed E-state index contributed by atoms with van der Waals surface area (Å²) in [5.41, 5.74) is 9.06. The zero-order chi connectivity index (χ0) is 33.0. The van der Waals surface area contributed by atoms with Crippen LogP contribution in [0.2, 0.25) is 0 Å². The lowest BCUT2D eigenvalue weighted by Crippen LogP contribution is -2.44. The highest BCUT2D eigenvalue weighted by molar-refractivity contribution is 7.90. The Morgan fingerprint density at radius 1 is 0.956 bits per heavy atom. The van der Waals surface area contributed by atoms with E-state index in [4.69, 9.17) is 19.9 Å². The van der Waals surface area contributed by atoms with Crippen LogP contribution in [0.3, 0.4) is 0 Å². The second-order valence-electron chi connectivity index (χ2n) is 10.2. The maximum atomic E-state index is 13.5. The van der Waals surface area contributed by atoms with Gasteiger partial charge in [0.15, 0.2) is 0 Å². The Morgan fingerprint density at radius 3 is 2.09 bits per heavy atom. The number of rotatable bonds is 13. The number of hydrogen-bond acceptors (Lipinski definition) is 8. The molecule has 45 heavy (non-hydrogen) atoms. The Bertz CT molecular complexity index is 1610. The van der Waals surface area contributed by atoms with Crippen LogP contribution in [-0.4, -0.2) is 57.4 Å². The van der Waals surface area contributed by atoms with Crippen LogP contribution in [0.4, 0.5) is 9.59 Å². The molecule has 0 spiro atoms. The average Bonchev–Trinajstić information content (AvgIpc) is 3.02. The number of carbonyl (C=O) groups excluding carboxylic acids is 3. The molecular weight excluding hydrogens is 600 g/mol. The number of aryl methyl sites for hydroxylation is 1. The van der Waals surface area contributed by atoms with Crippen LogP contribution < -0.4 is 15.8 Å². The SMILES string of the molecule is COc1cc(C)c(S(=O)(=O)/N=C(\N)N(CCC[C@@H](C=O)NC(=O)OCc2ccccc2)C(=O)OCc2ccccc2)c(C)c1C. The van der Waals surface area contributed by atoms with Gasteiger partial charge < -0.3 is 30.1 Å². The van der Waals surface area contributed by atoms with Gasteiger partial charge in [-0.1, -0.05) is 60.7 Å². The van der Waals surface area contributed by atoms with Crippen LogP contribution in [0.25, 0.3) is 0 Å². The van der Waals surface area contributed by atoms with Gasteiger partial charge >= 0.3 is 12.2 Å². The summed E-state index contributed by atoms with van der Waals surface area (Å²) in [4.78, 5) is 37.9. The molecule has 0 heterocycles. The van der Waals surface area contributed by atoms with E-state index in [1.165, 1.54) is 7.11 Å². The van der Waals surface area contributed by atoms with E-state index < -0.39 is 34.2 Å². The fourth-order valence-corrected chi connectivity index (χ4v) is 5.95. The Kier molecular flexibility index (Phi) is 12.5. The highest BCUT2D eigenvalue weighted by Crippen LogP contribution is 2.31. The Labute approximate surface area is 263 Å². The number of carbonyl (C=O) groups is 3. The van der Waals surface area contributed by atoms with Crippen molar-refractivity contribution in [3.05, 3.63) is 94.5 Å². The minimum Gasteiger partial charge on any atom is -0.496 e. The second kappa shape index (κ2) is 16.2. The summed E-state index contributed by atoms with van der Waals surface area (Å²) in [5.74, 6) is -0.0903. The molecule has 1 atom stereocenters. The maximum absolute atomic E-state index is 13.5. The first-order valence-electron chi connectivity index (χ1n) is 14.1. The molecule has 12 nitrogen and oxygen atoms in total. The van der Waals surface area contributed by atoms with Crippen molar-refractivity contribution in [1.29, 1.82) is 0 Å². The second-order valence-corrected chi connectivity index (χ2v) is 11.7. The lowest BCUT2D eigenvalue weighted by molar-refractivity contribution is -0.109. The lowest BCUT2D eigenvalue weighted by Gasteiger charge is -2.22. The number of nitrogens with one attached hydrogen (secondary N) is 1. The third-order valence-corrected chi connectivity index (χ3v) is 8.52. The van der Waals surface area contributed by atoms with E-state index in [0.29, 0.717) is 34.3 Å². The molecule has 0 aromatic heterocycles. The summed E-state index contributed by atoms with van der Waals surface area (Å²) in [6, 6.07) is 18.6. The summed E-state index contributed by atoms with van der Waals surface area (Å²) in [5, 5.41) is 2.47. The van der Waals surface area contributed by atoms with Crippen molar-refractivity contribution in [3.8, 4) is 5.75 Å². The number of aldehydes is 1. The molecule has 3 rings (SSSR count). The van der Waals surface area contributed by atoms with Crippen molar-refractivity contribution in [2.24, 2.45) is 10.1 Å². The van der Waals surface area contributed by atoms with E-state index in [1.54, 1.807) is 63.2 Å². The first-order valence-corrected chi connectivity index (χ1v) is 15.6. The number of alkyl carbamates (subject to hydrolysis) is 1. The fourth-order valence-electron chi connectivity index (χ4n) is 4.50. The van der Waals surface area contributed by atoms with Crippen LogP contribution in [0, 0.1) is 20.8 Å². The summed E-state index contributed by atoms with van der Waals surface area (Å²) >= 11 is 0.